The van der Waals surface area contributed by atoms with Gasteiger partial charge in [0.1, 0.15) is 0 Å². The van der Waals surface area contributed by atoms with E-state index >= 15 is 0 Å². The highest BCUT2D eigenvalue weighted by Gasteiger charge is 2.21. The molecule has 0 bridgehead atoms. The fourth-order valence-corrected chi connectivity index (χ4v) is 3.71. The van der Waals surface area contributed by atoms with Crippen LogP contribution in [0.1, 0.15) is 37.8 Å². The number of hydrogen-bond acceptors (Lipinski definition) is 5. The molecule has 156 valence electrons. The van der Waals surface area contributed by atoms with Crippen molar-refractivity contribution in [2.75, 3.05) is 6.54 Å². The van der Waals surface area contributed by atoms with Gasteiger partial charge < -0.3 is 15.2 Å². The van der Waals surface area contributed by atoms with Gasteiger partial charge in [-0.3, -0.25) is 4.79 Å². The lowest BCUT2D eigenvalue weighted by atomic mass is 10.0. The number of hydrogen-bond donors (Lipinski definition) is 2. The summed E-state index contributed by atoms with van der Waals surface area (Å²) in [6.45, 7) is 5.85. The molecular formula is C24H28N4O2. The maximum absolute atomic E-state index is 12.1. The zero-order valence-corrected chi connectivity index (χ0v) is 17.5. The first kappa shape index (κ1) is 20.3. The van der Waals surface area contributed by atoms with Crippen molar-refractivity contribution >= 4 is 5.91 Å². The molecule has 0 spiro atoms. The van der Waals surface area contributed by atoms with Gasteiger partial charge in [0.15, 0.2) is 0 Å². The van der Waals surface area contributed by atoms with Crippen LogP contribution in [0.15, 0.2) is 53.1 Å². The number of benzene rings is 2. The fourth-order valence-electron chi connectivity index (χ4n) is 3.71. The van der Waals surface area contributed by atoms with Gasteiger partial charge in [-0.15, -0.1) is 0 Å². The van der Waals surface area contributed by atoms with Crippen molar-refractivity contribution in [2.45, 2.75) is 45.7 Å². The lowest BCUT2D eigenvalue weighted by Crippen LogP contribution is -2.39. The second-order valence-electron chi connectivity index (χ2n) is 8.28. The van der Waals surface area contributed by atoms with Crippen molar-refractivity contribution in [3.63, 3.8) is 0 Å². The fraction of sp³-hybridized carbons (Fsp3) is 0.375. The molecule has 1 aliphatic heterocycles. The zero-order chi connectivity index (χ0) is 20.9. The summed E-state index contributed by atoms with van der Waals surface area (Å²) in [6.07, 6.45) is 3.02. The van der Waals surface area contributed by atoms with Crippen molar-refractivity contribution in [3.8, 4) is 22.8 Å². The Labute approximate surface area is 177 Å². The molecule has 1 saturated heterocycles. The summed E-state index contributed by atoms with van der Waals surface area (Å²) < 4.78 is 5.47. The summed E-state index contributed by atoms with van der Waals surface area (Å²) in [6, 6.07) is 16.1. The lowest BCUT2D eigenvalue weighted by molar-refractivity contribution is -0.122. The Balaban J connectivity index is 1.37. The van der Waals surface area contributed by atoms with Gasteiger partial charge >= 0.3 is 0 Å². The van der Waals surface area contributed by atoms with Crippen LogP contribution in [-0.2, 0) is 17.8 Å². The molecule has 1 fully saturated rings. The summed E-state index contributed by atoms with van der Waals surface area (Å²) in [7, 11) is 0. The van der Waals surface area contributed by atoms with Gasteiger partial charge in [-0.2, -0.15) is 4.98 Å². The van der Waals surface area contributed by atoms with E-state index in [1.807, 2.05) is 36.4 Å². The number of nitrogens with one attached hydrogen (secondary N) is 2. The molecule has 1 unspecified atom stereocenters. The van der Waals surface area contributed by atoms with Crippen LogP contribution in [0.5, 0.6) is 0 Å². The highest BCUT2D eigenvalue weighted by molar-refractivity contribution is 5.82. The third-order valence-corrected chi connectivity index (χ3v) is 5.33. The zero-order valence-electron chi connectivity index (χ0n) is 17.5. The van der Waals surface area contributed by atoms with Crippen LogP contribution in [0.25, 0.3) is 22.8 Å². The van der Waals surface area contributed by atoms with E-state index in [4.69, 9.17) is 4.52 Å². The average Bonchev–Trinajstić information content (AvgIpc) is 3.45. The molecule has 2 heterocycles. The Morgan fingerprint density at radius 1 is 1.10 bits per heavy atom. The monoisotopic (exact) mass is 404 g/mol. The minimum absolute atomic E-state index is 0.0542. The molecule has 2 N–H and O–H groups in total. The Morgan fingerprint density at radius 2 is 1.80 bits per heavy atom. The standard InChI is InChI=1S/C24H28N4O2/c1-16(2)14-17-5-11-20(12-6-17)24-27-22(28-30-24)19-9-7-18(8-10-19)15-26-23(29)21-4-3-13-25-21/h5-12,16,21,25H,3-4,13-15H2,1-2H3,(H,26,29). The summed E-state index contributed by atoms with van der Waals surface area (Å²) >= 11 is 0. The summed E-state index contributed by atoms with van der Waals surface area (Å²) in [5.74, 6) is 1.77. The number of amides is 1. The van der Waals surface area contributed by atoms with Gasteiger partial charge in [0, 0.05) is 17.7 Å². The first-order valence-corrected chi connectivity index (χ1v) is 10.6. The molecule has 1 aliphatic rings. The molecule has 0 radical (unpaired) electrons. The van der Waals surface area contributed by atoms with Crippen molar-refractivity contribution in [2.24, 2.45) is 5.92 Å². The van der Waals surface area contributed by atoms with Crippen molar-refractivity contribution in [1.29, 1.82) is 0 Å². The van der Waals surface area contributed by atoms with E-state index in [1.54, 1.807) is 0 Å². The molecule has 1 atom stereocenters. The third kappa shape index (κ3) is 4.94. The number of nitrogens with zero attached hydrogens (tertiary/aromatic N) is 2. The molecule has 6 heteroatoms. The highest BCUT2D eigenvalue weighted by atomic mass is 16.5. The summed E-state index contributed by atoms with van der Waals surface area (Å²) in [4.78, 5) is 16.7. The van der Waals surface area contributed by atoms with E-state index < -0.39 is 0 Å². The Hall–Kier alpha value is -2.99. The first-order chi connectivity index (χ1) is 14.6. The van der Waals surface area contributed by atoms with Gasteiger partial charge in [0.2, 0.25) is 11.7 Å². The number of aromatic nitrogens is 2. The predicted octanol–water partition coefficient (Wildman–Crippen LogP) is 3.97. The van der Waals surface area contributed by atoms with Crippen LogP contribution in [0.4, 0.5) is 0 Å². The van der Waals surface area contributed by atoms with E-state index in [1.165, 1.54) is 5.56 Å². The van der Waals surface area contributed by atoms with Crippen molar-refractivity contribution in [3.05, 3.63) is 59.7 Å². The van der Waals surface area contributed by atoms with E-state index in [0.717, 1.165) is 42.5 Å². The quantitative estimate of drug-likeness (QED) is 0.623. The van der Waals surface area contributed by atoms with Gasteiger partial charge in [-0.05, 0) is 55.0 Å². The lowest BCUT2D eigenvalue weighted by Gasteiger charge is -2.11. The number of carbonyl (C=O) groups is 1. The smallest absolute Gasteiger partial charge is 0.258 e. The SMILES string of the molecule is CC(C)Cc1ccc(-c2nc(-c3ccc(CNC(=O)C4CCCN4)cc3)no2)cc1. The summed E-state index contributed by atoms with van der Waals surface area (Å²) in [5, 5.41) is 10.3. The second-order valence-corrected chi connectivity index (χ2v) is 8.28. The van der Waals surface area contributed by atoms with E-state index in [0.29, 0.717) is 24.2 Å². The largest absolute Gasteiger partial charge is 0.351 e. The highest BCUT2D eigenvalue weighted by Crippen LogP contribution is 2.23. The van der Waals surface area contributed by atoms with Crippen LogP contribution in [0.3, 0.4) is 0 Å². The second kappa shape index (κ2) is 9.22. The molecule has 0 saturated carbocycles. The molecule has 1 aromatic heterocycles. The Morgan fingerprint density at radius 3 is 2.47 bits per heavy atom. The maximum Gasteiger partial charge on any atom is 0.258 e. The Bertz CT molecular complexity index is 971. The first-order valence-electron chi connectivity index (χ1n) is 10.6. The third-order valence-electron chi connectivity index (χ3n) is 5.33. The molecule has 30 heavy (non-hydrogen) atoms. The van der Waals surface area contributed by atoms with Gasteiger partial charge in [0.25, 0.3) is 5.89 Å². The normalized spacial score (nSPS) is 16.2. The Kier molecular flexibility index (Phi) is 6.23. The maximum atomic E-state index is 12.1. The predicted molar refractivity (Wildman–Crippen MR) is 117 cm³/mol. The van der Waals surface area contributed by atoms with Crippen LogP contribution in [-0.4, -0.2) is 28.6 Å². The molecule has 0 aliphatic carbocycles. The molecule has 6 nitrogen and oxygen atoms in total. The van der Waals surface area contributed by atoms with Gasteiger partial charge in [-0.1, -0.05) is 55.4 Å². The van der Waals surface area contributed by atoms with Gasteiger partial charge in [-0.25, -0.2) is 0 Å². The molecule has 3 aromatic rings. The van der Waals surface area contributed by atoms with Crippen molar-refractivity contribution < 1.29 is 9.32 Å². The van der Waals surface area contributed by atoms with Gasteiger partial charge in [0.05, 0.1) is 6.04 Å². The number of carbonyl (C=O) groups excluding carboxylic acids is 1. The van der Waals surface area contributed by atoms with E-state index in [9.17, 15) is 4.79 Å². The average molecular weight is 405 g/mol. The van der Waals surface area contributed by atoms with E-state index in [2.05, 4.69) is 46.8 Å². The van der Waals surface area contributed by atoms with Crippen LogP contribution in [0.2, 0.25) is 0 Å². The number of rotatable bonds is 7. The molecule has 2 aromatic carbocycles. The minimum Gasteiger partial charge on any atom is -0.351 e. The molecule has 1 amide bonds. The topological polar surface area (TPSA) is 80.0 Å². The molecule has 4 rings (SSSR count). The van der Waals surface area contributed by atoms with Crippen LogP contribution in [0, 0.1) is 5.92 Å². The van der Waals surface area contributed by atoms with E-state index in [-0.39, 0.29) is 11.9 Å². The van der Waals surface area contributed by atoms with Crippen LogP contribution < -0.4 is 10.6 Å². The molecular weight excluding hydrogens is 376 g/mol. The van der Waals surface area contributed by atoms with Crippen molar-refractivity contribution in [1.82, 2.24) is 20.8 Å². The van der Waals surface area contributed by atoms with Crippen LogP contribution >= 0.6 is 0 Å². The summed E-state index contributed by atoms with van der Waals surface area (Å²) in [5.41, 5.74) is 4.14. The minimum atomic E-state index is -0.0542.